The summed E-state index contributed by atoms with van der Waals surface area (Å²) < 4.78 is 12.5. The molecule has 1 atom stereocenters. The van der Waals surface area contributed by atoms with Gasteiger partial charge in [0.05, 0.1) is 23.9 Å². The van der Waals surface area contributed by atoms with Crippen LogP contribution in [-0.2, 0) is 14.3 Å². The summed E-state index contributed by atoms with van der Waals surface area (Å²) in [5, 5.41) is 11.4. The number of ketones is 1. The predicted molar refractivity (Wildman–Crippen MR) is 123 cm³/mol. The van der Waals surface area contributed by atoms with E-state index in [0.29, 0.717) is 35.0 Å². The van der Waals surface area contributed by atoms with Gasteiger partial charge in [0.25, 0.3) is 11.7 Å². The molecule has 0 saturated carbocycles. The summed E-state index contributed by atoms with van der Waals surface area (Å²) in [6.45, 7) is 6.15. The minimum absolute atomic E-state index is 0.00530. The zero-order valence-electron chi connectivity index (χ0n) is 18.5. The first kappa shape index (κ1) is 22.3. The van der Waals surface area contributed by atoms with Gasteiger partial charge in [-0.1, -0.05) is 30.9 Å². The average molecular weight is 447 g/mol. The summed E-state index contributed by atoms with van der Waals surface area (Å²) in [6.07, 6.45) is 3.38. The van der Waals surface area contributed by atoms with Gasteiger partial charge in [0.15, 0.2) is 5.76 Å². The molecule has 1 aromatic carbocycles. The maximum atomic E-state index is 13.2. The van der Waals surface area contributed by atoms with Crippen LogP contribution in [0.15, 0.2) is 66.9 Å². The van der Waals surface area contributed by atoms with Crippen LogP contribution in [0.25, 0.3) is 11.4 Å². The molecule has 1 amide bonds. The molecule has 1 unspecified atom stereocenters. The number of aromatic nitrogens is 2. The lowest BCUT2D eigenvalue weighted by molar-refractivity contribution is -0.140. The number of carbonyl (C=O) groups is 2. The highest BCUT2D eigenvalue weighted by Crippen LogP contribution is 2.40. The molecule has 8 nitrogen and oxygen atoms in total. The number of fused-ring (bicyclic) bond motifs is 1. The van der Waals surface area contributed by atoms with Crippen LogP contribution in [0, 0.1) is 6.92 Å². The Morgan fingerprint density at radius 1 is 1.24 bits per heavy atom. The number of amides is 1. The van der Waals surface area contributed by atoms with Crippen LogP contribution >= 0.6 is 0 Å². The topological polar surface area (TPSA) is 93.4 Å². The number of benzene rings is 1. The number of imidazole rings is 1. The van der Waals surface area contributed by atoms with Gasteiger partial charge in [0, 0.05) is 19.9 Å². The van der Waals surface area contributed by atoms with E-state index in [9.17, 15) is 14.7 Å². The summed E-state index contributed by atoms with van der Waals surface area (Å²) in [5.74, 6) is -1.15. The molecule has 1 saturated heterocycles. The lowest BCUT2D eigenvalue weighted by Gasteiger charge is -2.25. The van der Waals surface area contributed by atoms with Gasteiger partial charge in [-0.3, -0.25) is 14.0 Å². The first-order valence-corrected chi connectivity index (χ1v) is 10.5. The quantitative estimate of drug-likeness (QED) is 0.247. The summed E-state index contributed by atoms with van der Waals surface area (Å²) in [4.78, 5) is 32.1. The molecule has 170 valence electrons. The number of nitrogens with zero attached hydrogens (tertiary/aromatic N) is 3. The lowest BCUT2D eigenvalue weighted by atomic mass is 9.96. The molecule has 8 heteroatoms. The average Bonchev–Trinajstić information content (AvgIpc) is 3.29. The lowest BCUT2D eigenvalue weighted by Crippen LogP contribution is -2.32. The monoisotopic (exact) mass is 447 g/mol. The Bertz CT molecular complexity index is 1260. The van der Waals surface area contributed by atoms with Crippen LogP contribution < -0.4 is 4.74 Å². The summed E-state index contributed by atoms with van der Waals surface area (Å²) in [7, 11) is 1.52. The number of hydrogen-bond acceptors (Lipinski definition) is 6. The molecule has 33 heavy (non-hydrogen) atoms. The Kier molecular flexibility index (Phi) is 6.28. The number of aliphatic hydroxyl groups is 1. The fourth-order valence-electron chi connectivity index (χ4n) is 4.10. The third-order valence-corrected chi connectivity index (χ3v) is 5.55. The number of rotatable bonds is 8. The van der Waals surface area contributed by atoms with Gasteiger partial charge in [-0.25, -0.2) is 4.98 Å². The molecule has 3 aromatic rings. The molecule has 4 rings (SSSR count). The molecule has 0 aliphatic carbocycles. The zero-order chi connectivity index (χ0) is 23.5. The Morgan fingerprint density at radius 2 is 2.06 bits per heavy atom. The minimum atomic E-state index is -0.805. The number of pyridine rings is 1. The molecule has 1 N–H and O–H groups in total. The van der Waals surface area contributed by atoms with Crippen molar-refractivity contribution in [1.29, 1.82) is 0 Å². The molecular weight excluding hydrogens is 422 g/mol. The van der Waals surface area contributed by atoms with E-state index in [1.807, 2.05) is 6.07 Å². The number of aliphatic hydroxyl groups excluding tert-OH is 1. The van der Waals surface area contributed by atoms with E-state index in [4.69, 9.17) is 9.47 Å². The third kappa shape index (κ3) is 4.01. The smallest absolute Gasteiger partial charge is 0.295 e. The summed E-state index contributed by atoms with van der Waals surface area (Å²) in [6, 6.07) is 11.8. The first-order valence-electron chi connectivity index (χ1n) is 10.5. The molecular formula is C25H25N3O5. The Morgan fingerprint density at radius 3 is 2.82 bits per heavy atom. The van der Waals surface area contributed by atoms with E-state index in [-0.39, 0.29) is 24.5 Å². The van der Waals surface area contributed by atoms with Crippen molar-refractivity contribution in [2.75, 3.05) is 26.9 Å². The van der Waals surface area contributed by atoms with Gasteiger partial charge in [0.2, 0.25) is 0 Å². The molecule has 0 spiro atoms. The number of hydrogen-bond donors (Lipinski definition) is 1. The van der Waals surface area contributed by atoms with E-state index in [1.54, 1.807) is 60.0 Å². The second-order valence-electron chi connectivity index (χ2n) is 7.63. The van der Waals surface area contributed by atoms with Crippen LogP contribution in [0.5, 0.6) is 5.75 Å². The number of methoxy groups -OCH3 is 1. The van der Waals surface area contributed by atoms with Gasteiger partial charge in [-0.2, -0.15) is 0 Å². The van der Waals surface area contributed by atoms with E-state index in [2.05, 4.69) is 11.6 Å². The van der Waals surface area contributed by atoms with Crippen molar-refractivity contribution in [1.82, 2.24) is 14.3 Å². The normalized spacial score (nSPS) is 17.6. The van der Waals surface area contributed by atoms with E-state index >= 15 is 0 Å². The van der Waals surface area contributed by atoms with Gasteiger partial charge in [0.1, 0.15) is 23.7 Å². The van der Waals surface area contributed by atoms with Crippen LogP contribution in [-0.4, -0.2) is 57.9 Å². The summed E-state index contributed by atoms with van der Waals surface area (Å²) >= 11 is 0. The van der Waals surface area contributed by atoms with Crippen LogP contribution in [0.3, 0.4) is 0 Å². The SMILES string of the molecule is C=CCOc1cccc(C2C(=C(O)c3c(C)nc4ccccn34)C(=O)C(=O)N2CCOC)c1. The largest absolute Gasteiger partial charge is 0.505 e. The molecule has 1 fully saturated rings. The highest BCUT2D eigenvalue weighted by molar-refractivity contribution is 6.46. The highest BCUT2D eigenvalue weighted by Gasteiger charge is 2.46. The second-order valence-corrected chi connectivity index (χ2v) is 7.63. The Labute approximate surface area is 191 Å². The van der Waals surface area contributed by atoms with Gasteiger partial charge in [-0.05, 0) is 36.8 Å². The van der Waals surface area contributed by atoms with Crippen molar-refractivity contribution in [2.45, 2.75) is 13.0 Å². The van der Waals surface area contributed by atoms with Crippen molar-refractivity contribution in [3.63, 3.8) is 0 Å². The number of Topliss-reactive ketones (excluding diaryl/α,β-unsaturated/α-hetero) is 1. The number of likely N-dealkylation sites (tertiary alicyclic amines) is 1. The van der Waals surface area contributed by atoms with E-state index in [0.717, 1.165) is 0 Å². The third-order valence-electron chi connectivity index (χ3n) is 5.55. The van der Waals surface area contributed by atoms with E-state index in [1.165, 1.54) is 12.0 Å². The predicted octanol–water partition coefficient (Wildman–Crippen LogP) is 3.28. The molecule has 3 heterocycles. The van der Waals surface area contributed by atoms with Crippen LogP contribution in [0.2, 0.25) is 0 Å². The first-order chi connectivity index (χ1) is 16.0. The molecule has 1 aliphatic rings. The number of carbonyl (C=O) groups excluding carboxylic acids is 2. The second kappa shape index (κ2) is 9.30. The Hall–Kier alpha value is -3.91. The summed E-state index contributed by atoms with van der Waals surface area (Å²) in [5.41, 5.74) is 2.19. The van der Waals surface area contributed by atoms with Crippen molar-refractivity contribution in [2.24, 2.45) is 0 Å². The maximum Gasteiger partial charge on any atom is 0.295 e. The van der Waals surface area contributed by atoms with Crippen LogP contribution in [0.4, 0.5) is 0 Å². The number of ether oxygens (including phenoxy) is 2. The molecule has 0 bridgehead atoms. The van der Waals surface area contributed by atoms with Gasteiger partial charge >= 0.3 is 0 Å². The molecule has 0 radical (unpaired) electrons. The maximum absolute atomic E-state index is 13.2. The standard InChI is InChI=1S/C25H25N3O5/c1-4-13-33-18-9-7-8-17(15-18)22-20(24(30)25(31)28(22)12-14-32-3)23(29)21-16(2)26-19-10-5-6-11-27(19)21/h4-11,15,22,29H,1,12-14H2,2-3H3. The zero-order valence-corrected chi connectivity index (χ0v) is 18.5. The van der Waals surface area contributed by atoms with Crippen molar-refractivity contribution in [3.05, 3.63) is 83.8 Å². The highest BCUT2D eigenvalue weighted by atomic mass is 16.5. The number of aryl methyl sites for hydroxylation is 1. The van der Waals surface area contributed by atoms with Gasteiger partial charge < -0.3 is 19.5 Å². The van der Waals surface area contributed by atoms with Gasteiger partial charge in [-0.15, -0.1) is 0 Å². The van der Waals surface area contributed by atoms with Crippen molar-refractivity contribution in [3.8, 4) is 5.75 Å². The minimum Gasteiger partial charge on any atom is -0.505 e. The van der Waals surface area contributed by atoms with Crippen molar-refractivity contribution >= 4 is 23.1 Å². The fourth-order valence-corrected chi connectivity index (χ4v) is 4.10. The van der Waals surface area contributed by atoms with Crippen molar-refractivity contribution < 1.29 is 24.2 Å². The molecule has 1 aliphatic heterocycles. The molecule has 2 aromatic heterocycles. The van der Waals surface area contributed by atoms with Crippen LogP contribution in [0.1, 0.15) is 23.0 Å². The fraction of sp³-hybridized carbons (Fsp3) is 0.240. The van der Waals surface area contributed by atoms with E-state index < -0.39 is 17.7 Å². The Balaban J connectivity index is 1.91.